The van der Waals surface area contributed by atoms with Crippen molar-refractivity contribution in [2.24, 2.45) is 0 Å². The van der Waals surface area contributed by atoms with Gasteiger partial charge in [-0.25, -0.2) is 0 Å². The average Bonchev–Trinajstić information content (AvgIpc) is 3.30. The molecule has 2 heterocycles. The van der Waals surface area contributed by atoms with Gasteiger partial charge in [0.2, 0.25) is 23.1 Å². The highest BCUT2D eigenvalue weighted by atomic mass is 35.5. The maximum atomic E-state index is 6.03. The summed E-state index contributed by atoms with van der Waals surface area (Å²) in [6.07, 6.45) is 2.73. The summed E-state index contributed by atoms with van der Waals surface area (Å²) in [7, 11) is 0. The maximum absolute atomic E-state index is 6.03. The van der Waals surface area contributed by atoms with Crippen LogP contribution < -0.4 is 28.4 Å². The molecule has 0 saturated carbocycles. The summed E-state index contributed by atoms with van der Waals surface area (Å²) in [6.45, 7) is 11.5. The molecule has 192 valence electrons. The smallest absolute Gasteiger partial charge is 0.246 e. The third-order valence-electron chi connectivity index (χ3n) is 5.65. The molecule has 8 heteroatoms. The fraction of sp³-hybridized carbons (Fsp3) is 0.556. The Bertz CT molecular complexity index is 920. The second-order valence-corrected chi connectivity index (χ2v) is 10.0. The fourth-order valence-electron chi connectivity index (χ4n) is 4.20. The van der Waals surface area contributed by atoms with E-state index in [1.165, 1.54) is 0 Å². The topological polar surface area (TPSA) is 58.6 Å². The van der Waals surface area contributed by atoms with Crippen LogP contribution in [-0.2, 0) is 0 Å². The van der Waals surface area contributed by atoms with Crippen molar-refractivity contribution < 1.29 is 28.4 Å². The van der Waals surface area contributed by atoms with Gasteiger partial charge in [0.1, 0.15) is 0 Å². The molecule has 0 fully saturated rings. The van der Waals surface area contributed by atoms with Crippen molar-refractivity contribution in [1.82, 2.24) is 4.90 Å². The highest BCUT2D eigenvalue weighted by Crippen LogP contribution is 2.46. The minimum absolute atomic E-state index is 0.595. The van der Waals surface area contributed by atoms with Crippen LogP contribution in [-0.4, -0.2) is 55.2 Å². The zero-order valence-electron chi connectivity index (χ0n) is 21.1. The zero-order chi connectivity index (χ0) is 24.9. The first-order chi connectivity index (χ1) is 16.8. The Morgan fingerprint density at radius 1 is 0.686 bits per heavy atom. The van der Waals surface area contributed by atoms with Crippen LogP contribution in [0.4, 0.5) is 0 Å². The third-order valence-corrected chi connectivity index (χ3v) is 5.92. The van der Waals surface area contributed by atoms with E-state index in [0.29, 0.717) is 30.6 Å². The molecule has 0 radical (unpaired) electrons. The van der Waals surface area contributed by atoms with Gasteiger partial charge in [-0.05, 0) is 50.1 Å². The van der Waals surface area contributed by atoms with E-state index < -0.39 is 11.6 Å². The molecule has 0 aromatic heterocycles. The number of nitrogens with zero attached hydrogens (tertiary/aromatic N) is 1. The summed E-state index contributed by atoms with van der Waals surface area (Å²) >= 11 is 5.96. The van der Waals surface area contributed by atoms with Gasteiger partial charge in [0.15, 0.2) is 23.0 Å². The highest BCUT2D eigenvalue weighted by molar-refractivity contribution is 6.17. The normalized spacial score (nSPS) is 16.5. The summed E-state index contributed by atoms with van der Waals surface area (Å²) in [6, 6.07) is 11.5. The second kappa shape index (κ2) is 11.0. The van der Waals surface area contributed by atoms with Crippen molar-refractivity contribution in [2.45, 2.75) is 58.5 Å². The number of para-hydroxylation sites is 2. The number of fused-ring (bicyclic) bond motifs is 2. The van der Waals surface area contributed by atoms with E-state index in [9.17, 15) is 0 Å². The van der Waals surface area contributed by atoms with E-state index in [2.05, 4.69) is 4.90 Å². The van der Waals surface area contributed by atoms with E-state index in [1.807, 2.05) is 64.1 Å². The van der Waals surface area contributed by atoms with Gasteiger partial charge in [-0.15, -0.1) is 11.6 Å². The number of rotatable bonds is 13. The fourth-order valence-corrected chi connectivity index (χ4v) is 4.32. The van der Waals surface area contributed by atoms with E-state index in [1.54, 1.807) is 0 Å². The molecule has 0 atom stereocenters. The van der Waals surface area contributed by atoms with Gasteiger partial charge in [0.25, 0.3) is 0 Å². The summed E-state index contributed by atoms with van der Waals surface area (Å²) in [4.78, 5) is 2.41. The van der Waals surface area contributed by atoms with Crippen molar-refractivity contribution in [3.8, 4) is 34.5 Å². The van der Waals surface area contributed by atoms with Gasteiger partial charge < -0.3 is 33.3 Å². The highest BCUT2D eigenvalue weighted by Gasteiger charge is 2.35. The molecule has 0 aliphatic carbocycles. The quantitative estimate of drug-likeness (QED) is 0.249. The number of hydrogen-bond donors (Lipinski definition) is 0. The maximum Gasteiger partial charge on any atom is 0.246 e. The van der Waals surface area contributed by atoms with Gasteiger partial charge >= 0.3 is 0 Å². The monoisotopic (exact) mass is 505 g/mol. The number of benzene rings is 2. The minimum Gasteiger partial charge on any atom is -0.489 e. The molecule has 0 N–H and O–H groups in total. The van der Waals surface area contributed by atoms with Gasteiger partial charge in [0, 0.05) is 46.7 Å². The van der Waals surface area contributed by atoms with Crippen LogP contribution >= 0.6 is 11.6 Å². The zero-order valence-corrected chi connectivity index (χ0v) is 21.9. The molecule has 7 nitrogen and oxygen atoms in total. The third kappa shape index (κ3) is 6.79. The van der Waals surface area contributed by atoms with Gasteiger partial charge in [0.05, 0.1) is 13.2 Å². The number of hydrogen-bond acceptors (Lipinski definition) is 7. The van der Waals surface area contributed by atoms with Crippen LogP contribution in [0, 0.1) is 0 Å². The van der Waals surface area contributed by atoms with E-state index in [-0.39, 0.29) is 0 Å². The van der Waals surface area contributed by atoms with Crippen LogP contribution in [0.2, 0.25) is 0 Å². The second-order valence-electron chi connectivity index (χ2n) is 9.66. The molecule has 0 amide bonds. The van der Waals surface area contributed by atoms with Crippen molar-refractivity contribution in [1.29, 1.82) is 0 Å². The van der Waals surface area contributed by atoms with Crippen molar-refractivity contribution >= 4 is 11.6 Å². The molecule has 0 spiro atoms. The molecule has 2 aromatic carbocycles. The van der Waals surface area contributed by atoms with Crippen LogP contribution in [0.3, 0.4) is 0 Å². The predicted octanol–water partition coefficient (Wildman–Crippen LogP) is 5.87. The number of ether oxygens (including phenoxy) is 6. The first kappa shape index (κ1) is 25.6. The van der Waals surface area contributed by atoms with Gasteiger partial charge in [-0.3, -0.25) is 0 Å². The molecule has 2 aliphatic heterocycles. The molecule has 0 unspecified atom stereocenters. The standard InChI is InChI=1S/C27H36ClNO6/c1-26(2)32-22-12-5-10-20(24(22)34-26)30-18-8-16-29(15-7-14-28)17-9-19-31-21-11-6-13-23-25(21)35-27(3,4)33-23/h5-6,10-13H,7-9,14-19H2,1-4H3. The minimum atomic E-state index is -0.669. The van der Waals surface area contributed by atoms with E-state index >= 15 is 0 Å². The summed E-state index contributed by atoms with van der Waals surface area (Å²) < 4.78 is 35.4. The molecule has 2 aromatic rings. The van der Waals surface area contributed by atoms with E-state index in [4.69, 9.17) is 40.0 Å². The van der Waals surface area contributed by atoms with Gasteiger partial charge in [-0.2, -0.15) is 0 Å². The molecule has 2 aliphatic rings. The molecular formula is C27H36ClNO6. The molecule has 35 heavy (non-hydrogen) atoms. The van der Waals surface area contributed by atoms with Crippen LogP contribution in [0.1, 0.15) is 47.0 Å². The Balaban J connectivity index is 1.21. The number of alkyl halides is 1. The Kier molecular flexibility index (Phi) is 8.07. The number of halogens is 1. The first-order valence-electron chi connectivity index (χ1n) is 12.3. The Morgan fingerprint density at radius 2 is 1.14 bits per heavy atom. The van der Waals surface area contributed by atoms with Crippen LogP contribution in [0.15, 0.2) is 36.4 Å². The molecule has 0 bridgehead atoms. The molecule has 0 saturated heterocycles. The lowest BCUT2D eigenvalue weighted by molar-refractivity contribution is -0.0446. The summed E-state index contributed by atoms with van der Waals surface area (Å²) in [5, 5.41) is 0. The lowest BCUT2D eigenvalue weighted by Crippen LogP contribution is -2.30. The Morgan fingerprint density at radius 3 is 1.60 bits per heavy atom. The SMILES string of the molecule is CC1(C)Oc2cccc(OCCCN(CCCCl)CCCOc3cccc4c3OC(C)(C)O4)c2O1. The molecular weight excluding hydrogens is 470 g/mol. The lowest BCUT2D eigenvalue weighted by Gasteiger charge is -2.22. The van der Waals surface area contributed by atoms with Crippen LogP contribution in [0.25, 0.3) is 0 Å². The van der Waals surface area contributed by atoms with Crippen molar-refractivity contribution in [3.63, 3.8) is 0 Å². The van der Waals surface area contributed by atoms with Crippen LogP contribution in [0.5, 0.6) is 34.5 Å². The lowest BCUT2D eigenvalue weighted by atomic mass is 10.3. The molecule has 4 rings (SSSR count). The Hall–Kier alpha value is -2.51. The summed E-state index contributed by atoms with van der Waals surface area (Å²) in [5.41, 5.74) is 0. The average molecular weight is 506 g/mol. The predicted molar refractivity (Wildman–Crippen MR) is 136 cm³/mol. The first-order valence-corrected chi connectivity index (χ1v) is 12.9. The van der Waals surface area contributed by atoms with E-state index in [0.717, 1.165) is 61.9 Å². The van der Waals surface area contributed by atoms with Gasteiger partial charge in [-0.1, -0.05) is 12.1 Å². The largest absolute Gasteiger partial charge is 0.489 e. The Labute approximate surface area is 213 Å². The summed E-state index contributed by atoms with van der Waals surface area (Å²) in [5.74, 6) is 3.56. The van der Waals surface area contributed by atoms with Crippen molar-refractivity contribution in [3.05, 3.63) is 36.4 Å². The van der Waals surface area contributed by atoms with Crippen molar-refractivity contribution in [2.75, 3.05) is 38.7 Å².